The fraction of sp³-hybridized carbons (Fsp3) is 0.316. The van der Waals surface area contributed by atoms with Gasteiger partial charge in [-0.1, -0.05) is 30.3 Å². The minimum absolute atomic E-state index is 0.0487. The van der Waals surface area contributed by atoms with Crippen molar-refractivity contribution >= 4 is 23.3 Å². The highest BCUT2D eigenvalue weighted by molar-refractivity contribution is 6.02. The van der Waals surface area contributed by atoms with Crippen molar-refractivity contribution in [2.24, 2.45) is 4.99 Å². The molecular weight excluding hydrogens is 314 g/mol. The van der Waals surface area contributed by atoms with Gasteiger partial charge in [-0.25, -0.2) is 0 Å². The Morgan fingerprint density at radius 1 is 1.28 bits per heavy atom. The number of fused-ring (bicyclic) bond motifs is 1. The number of amidine groups is 1. The summed E-state index contributed by atoms with van der Waals surface area (Å²) in [4.78, 5) is 20.5. The molecule has 2 atom stereocenters. The molecule has 25 heavy (non-hydrogen) atoms. The van der Waals surface area contributed by atoms with E-state index in [0.29, 0.717) is 13.0 Å². The van der Waals surface area contributed by atoms with E-state index in [0.717, 1.165) is 11.4 Å². The Hall–Kier alpha value is -2.89. The molecule has 0 bridgehead atoms. The van der Waals surface area contributed by atoms with Crippen LogP contribution in [0.1, 0.15) is 18.9 Å². The highest BCUT2D eigenvalue weighted by Crippen LogP contribution is 2.30. The average Bonchev–Trinajstić information content (AvgIpc) is 3.04. The van der Waals surface area contributed by atoms with E-state index < -0.39 is 5.54 Å². The lowest BCUT2D eigenvalue weighted by Gasteiger charge is -2.41. The van der Waals surface area contributed by atoms with Crippen LogP contribution in [0.4, 0.5) is 0 Å². The molecule has 1 fully saturated rings. The Morgan fingerprint density at radius 3 is 2.76 bits per heavy atom. The Balaban J connectivity index is 1.57. The highest BCUT2D eigenvalue weighted by Gasteiger charge is 2.45. The van der Waals surface area contributed by atoms with Gasteiger partial charge in [-0.15, -0.1) is 0 Å². The third kappa shape index (κ3) is 2.63. The first-order valence-electron chi connectivity index (χ1n) is 8.39. The maximum Gasteiger partial charge on any atom is 0.231 e. The average molecular weight is 335 g/mol. The van der Waals surface area contributed by atoms with Gasteiger partial charge in [0, 0.05) is 19.8 Å². The van der Waals surface area contributed by atoms with Gasteiger partial charge in [0.2, 0.25) is 5.91 Å². The van der Waals surface area contributed by atoms with Gasteiger partial charge < -0.3 is 10.2 Å². The summed E-state index contributed by atoms with van der Waals surface area (Å²) in [5.74, 6) is 0.998. The van der Waals surface area contributed by atoms with Crippen molar-refractivity contribution in [1.29, 1.82) is 5.41 Å². The smallest absolute Gasteiger partial charge is 0.231 e. The zero-order valence-corrected chi connectivity index (χ0v) is 14.4. The van der Waals surface area contributed by atoms with E-state index in [-0.39, 0.29) is 17.9 Å². The highest BCUT2D eigenvalue weighted by atomic mass is 16.2. The quantitative estimate of drug-likeness (QED) is 0.866. The van der Waals surface area contributed by atoms with Crippen molar-refractivity contribution in [3.8, 4) is 0 Å². The van der Waals surface area contributed by atoms with Crippen molar-refractivity contribution < 1.29 is 4.79 Å². The monoisotopic (exact) mass is 335 g/mol. The fourth-order valence-corrected chi connectivity index (χ4v) is 3.49. The van der Waals surface area contributed by atoms with Crippen LogP contribution in [0.15, 0.2) is 53.7 Å². The predicted octanol–water partition coefficient (Wildman–Crippen LogP) is 1.83. The number of hydrogen-bond donors (Lipinski definition) is 2. The Kier molecular flexibility index (Phi) is 3.49. The van der Waals surface area contributed by atoms with Gasteiger partial charge in [0.15, 0.2) is 5.96 Å². The number of carbonyl (C=O) groups excluding carboxylic acids is 1. The van der Waals surface area contributed by atoms with Crippen molar-refractivity contribution in [3.05, 3.63) is 54.2 Å². The molecule has 6 heteroatoms. The van der Waals surface area contributed by atoms with Gasteiger partial charge in [0.25, 0.3) is 0 Å². The number of amides is 1. The lowest BCUT2D eigenvalue weighted by Crippen LogP contribution is -2.64. The van der Waals surface area contributed by atoms with E-state index in [1.54, 1.807) is 7.05 Å². The van der Waals surface area contributed by atoms with Crippen LogP contribution in [0.3, 0.4) is 0 Å². The van der Waals surface area contributed by atoms with Crippen LogP contribution in [0.5, 0.6) is 0 Å². The fourth-order valence-electron chi connectivity index (χ4n) is 3.49. The lowest BCUT2D eigenvalue weighted by atomic mass is 9.87. The summed E-state index contributed by atoms with van der Waals surface area (Å²) in [6, 6.07) is 10.2. The molecule has 0 saturated carbocycles. The standard InChI is InChI=1S/C19H21N5O/c1-19(10-17(25)23(2)18(20)22-19)15-12-24-11-14(8-9-16(24)21-15)13-6-4-3-5-7-13/h3-9,11,15H,10,12H2,1-2H3,(H2,20,22)/t15?,19-/m0/s1. The Bertz CT molecular complexity index is 805. The van der Waals surface area contributed by atoms with E-state index in [1.165, 1.54) is 10.5 Å². The van der Waals surface area contributed by atoms with Crippen LogP contribution in [0.2, 0.25) is 0 Å². The second-order valence-electron chi connectivity index (χ2n) is 6.96. The molecule has 4 rings (SSSR count). The molecule has 2 N–H and O–H groups in total. The SMILES string of the molecule is CN1C(=N)N[C@](C)(C2CN3C=C(c4ccccc4)C=CC3=N2)CC1=O. The minimum atomic E-state index is -0.542. The summed E-state index contributed by atoms with van der Waals surface area (Å²) in [7, 11) is 1.62. The molecule has 128 valence electrons. The molecule has 1 unspecified atom stereocenters. The molecule has 1 amide bonds. The van der Waals surface area contributed by atoms with Gasteiger partial charge in [0.05, 0.1) is 18.0 Å². The van der Waals surface area contributed by atoms with Crippen LogP contribution >= 0.6 is 0 Å². The topological polar surface area (TPSA) is 71.8 Å². The molecule has 1 aromatic rings. The molecule has 0 radical (unpaired) electrons. The lowest BCUT2D eigenvalue weighted by molar-refractivity contribution is -0.129. The first-order chi connectivity index (χ1) is 12.0. The molecule has 1 saturated heterocycles. The molecule has 3 aliphatic rings. The predicted molar refractivity (Wildman–Crippen MR) is 98.1 cm³/mol. The number of nitrogens with zero attached hydrogens (tertiary/aromatic N) is 3. The minimum Gasteiger partial charge on any atom is -0.348 e. The van der Waals surface area contributed by atoms with Crippen molar-refractivity contribution in [1.82, 2.24) is 15.1 Å². The van der Waals surface area contributed by atoms with Gasteiger partial charge in [0.1, 0.15) is 5.84 Å². The summed E-state index contributed by atoms with van der Waals surface area (Å²) >= 11 is 0. The molecule has 0 aliphatic carbocycles. The summed E-state index contributed by atoms with van der Waals surface area (Å²) < 4.78 is 0. The molecule has 6 nitrogen and oxygen atoms in total. The molecule has 3 aliphatic heterocycles. The number of aliphatic imine (C=N–C) groups is 1. The summed E-state index contributed by atoms with van der Waals surface area (Å²) in [5.41, 5.74) is 1.77. The van der Waals surface area contributed by atoms with Crippen LogP contribution in [-0.4, -0.2) is 52.7 Å². The number of carbonyl (C=O) groups is 1. The molecule has 0 aromatic heterocycles. The molecule has 0 spiro atoms. The third-order valence-corrected chi connectivity index (χ3v) is 5.13. The number of benzene rings is 1. The zero-order valence-electron chi connectivity index (χ0n) is 14.4. The first kappa shape index (κ1) is 15.6. The second-order valence-corrected chi connectivity index (χ2v) is 6.96. The summed E-state index contributed by atoms with van der Waals surface area (Å²) in [6.45, 7) is 2.68. The van der Waals surface area contributed by atoms with Crippen LogP contribution in [0, 0.1) is 5.41 Å². The van der Waals surface area contributed by atoms with E-state index in [4.69, 9.17) is 10.4 Å². The van der Waals surface area contributed by atoms with E-state index in [9.17, 15) is 4.79 Å². The summed E-state index contributed by atoms with van der Waals surface area (Å²) in [6.07, 6.45) is 6.54. The zero-order chi connectivity index (χ0) is 17.6. The summed E-state index contributed by atoms with van der Waals surface area (Å²) in [5, 5.41) is 11.2. The molecule has 3 heterocycles. The maximum atomic E-state index is 12.2. The number of nitrogens with one attached hydrogen (secondary N) is 2. The third-order valence-electron chi connectivity index (χ3n) is 5.13. The first-order valence-corrected chi connectivity index (χ1v) is 8.39. The number of rotatable bonds is 2. The molecule has 1 aromatic carbocycles. The number of guanidine groups is 1. The van der Waals surface area contributed by atoms with Crippen molar-refractivity contribution in [2.75, 3.05) is 13.6 Å². The van der Waals surface area contributed by atoms with E-state index in [1.807, 2.05) is 31.2 Å². The Labute approximate surface area is 147 Å². The van der Waals surface area contributed by atoms with E-state index in [2.05, 4.69) is 34.6 Å². The second kappa shape index (κ2) is 5.58. The van der Waals surface area contributed by atoms with Gasteiger partial charge in [-0.3, -0.25) is 20.1 Å². The number of hydrogen-bond acceptors (Lipinski definition) is 4. The van der Waals surface area contributed by atoms with Crippen molar-refractivity contribution in [3.63, 3.8) is 0 Å². The Morgan fingerprint density at radius 2 is 2.04 bits per heavy atom. The van der Waals surface area contributed by atoms with Crippen molar-refractivity contribution in [2.45, 2.75) is 24.9 Å². The molecular formula is C19H21N5O. The number of allylic oxidation sites excluding steroid dienone is 2. The maximum absolute atomic E-state index is 12.2. The van der Waals surface area contributed by atoms with Crippen LogP contribution in [-0.2, 0) is 4.79 Å². The van der Waals surface area contributed by atoms with Crippen LogP contribution < -0.4 is 5.32 Å². The van der Waals surface area contributed by atoms with Gasteiger partial charge in [-0.2, -0.15) is 0 Å². The largest absolute Gasteiger partial charge is 0.348 e. The van der Waals surface area contributed by atoms with Gasteiger partial charge >= 0.3 is 0 Å². The van der Waals surface area contributed by atoms with E-state index >= 15 is 0 Å². The van der Waals surface area contributed by atoms with Crippen LogP contribution in [0.25, 0.3) is 5.57 Å². The normalized spacial score (nSPS) is 28.5. The van der Waals surface area contributed by atoms with Gasteiger partial charge in [-0.05, 0) is 30.2 Å².